The summed E-state index contributed by atoms with van der Waals surface area (Å²) in [5.41, 5.74) is 9.49. The lowest BCUT2D eigenvalue weighted by Gasteiger charge is -2.24. The number of anilines is 1. The number of H-pyrrole nitrogens is 2. The topological polar surface area (TPSA) is 117 Å². The lowest BCUT2D eigenvalue weighted by Crippen LogP contribution is -2.41. The molecule has 5 rings (SSSR count). The predicted molar refractivity (Wildman–Crippen MR) is 133 cm³/mol. The largest absolute Gasteiger partial charge is 0.340 e. The number of amides is 1. The molecule has 0 radical (unpaired) electrons. The highest BCUT2D eigenvalue weighted by atomic mass is 19.1. The minimum Gasteiger partial charge on any atom is -0.340 e. The molecule has 0 aliphatic carbocycles. The van der Waals surface area contributed by atoms with E-state index >= 15 is 4.39 Å². The predicted octanol–water partition coefficient (Wildman–Crippen LogP) is 4.16. The van der Waals surface area contributed by atoms with Gasteiger partial charge in [-0.05, 0) is 29.3 Å². The first-order chi connectivity index (χ1) is 17.0. The Hall–Kier alpha value is -4.56. The number of pyridine rings is 1. The second kappa shape index (κ2) is 9.36. The molecule has 0 unspecified atom stereocenters. The number of halogens is 1. The number of nitrogens with one attached hydrogen (secondary N) is 3. The number of carbonyl (C=O) groups excluding carboxylic acids is 1. The van der Waals surface area contributed by atoms with Gasteiger partial charge in [0.1, 0.15) is 16.9 Å². The van der Waals surface area contributed by atoms with Gasteiger partial charge >= 0.3 is 0 Å². The van der Waals surface area contributed by atoms with Crippen LogP contribution in [-0.4, -0.2) is 26.9 Å². The van der Waals surface area contributed by atoms with Crippen LogP contribution in [0.25, 0.3) is 22.2 Å². The number of imidazole rings is 1. The Balaban J connectivity index is 1.42. The average Bonchev–Trinajstić information content (AvgIpc) is 3.37. The Morgan fingerprint density at radius 2 is 1.57 bits per heavy atom. The number of carbonyl (C=O) groups is 1. The van der Waals surface area contributed by atoms with Crippen molar-refractivity contribution in [3.8, 4) is 11.1 Å². The molecule has 7 nitrogen and oxygen atoms in total. The van der Waals surface area contributed by atoms with Gasteiger partial charge in [-0.3, -0.25) is 9.59 Å². The van der Waals surface area contributed by atoms with Crippen LogP contribution in [0.5, 0.6) is 0 Å². The van der Waals surface area contributed by atoms with E-state index in [0.717, 1.165) is 11.1 Å². The lowest BCUT2D eigenvalue weighted by atomic mass is 9.85. The maximum Gasteiger partial charge on any atom is 0.273 e. The SMILES string of the molecule is N[C@H](C(=O)Nc1ccc(-c2c[nH]c(=O)c3[nH]cnc23)c(F)c1)C(c1ccccc1)c1ccccc1. The molecular weight excluding hydrogens is 445 g/mol. The van der Waals surface area contributed by atoms with Gasteiger partial charge in [0.25, 0.3) is 5.56 Å². The van der Waals surface area contributed by atoms with E-state index in [-0.39, 0.29) is 28.2 Å². The lowest BCUT2D eigenvalue weighted by molar-refractivity contribution is -0.117. The number of hydrogen-bond donors (Lipinski definition) is 4. The van der Waals surface area contributed by atoms with Gasteiger partial charge in [-0.1, -0.05) is 60.7 Å². The summed E-state index contributed by atoms with van der Waals surface area (Å²) in [5, 5.41) is 2.74. The van der Waals surface area contributed by atoms with Crippen LogP contribution in [-0.2, 0) is 4.79 Å². The van der Waals surface area contributed by atoms with Crippen molar-refractivity contribution in [3.63, 3.8) is 0 Å². The van der Waals surface area contributed by atoms with Gasteiger partial charge < -0.3 is 21.0 Å². The molecule has 8 heteroatoms. The maximum atomic E-state index is 15.1. The zero-order valence-electron chi connectivity index (χ0n) is 18.5. The van der Waals surface area contributed by atoms with Crippen molar-refractivity contribution < 1.29 is 9.18 Å². The van der Waals surface area contributed by atoms with E-state index in [1.54, 1.807) is 6.07 Å². The smallest absolute Gasteiger partial charge is 0.273 e. The van der Waals surface area contributed by atoms with Crippen molar-refractivity contribution in [1.82, 2.24) is 15.0 Å². The fourth-order valence-electron chi connectivity index (χ4n) is 4.27. The molecule has 2 heterocycles. The molecule has 35 heavy (non-hydrogen) atoms. The van der Waals surface area contributed by atoms with Crippen LogP contribution < -0.4 is 16.6 Å². The van der Waals surface area contributed by atoms with Crippen molar-refractivity contribution in [2.45, 2.75) is 12.0 Å². The quantitative estimate of drug-likeness (QED) is 0.300. The fourth-order valence-corrected chi connectivity index (χ4v) is 4.27. The molecule has 0 spiro atoms. The number of nitrogens with two attached hydrogens (primary N) is 1. The van der Waals surface area contributed by atoms with Gasteiger partial charge in [0.2, 0.25) is 5.91 Å². The molecule has 5 aromatic rings. The number of fused-ring (bicyclic) bond motifs is 1. The molecule has 0 fully saturated rings. The van der Waals surface area contributed by atoms with E-state index in [2.05, 4.69) is 20.3 Å². The Kier molecular flexibility index (Phi) is 5.95. The van der Waals surface area contributed by atoms with Crippen LogP contribution in [0.1, 0.15) is 17.0 Å². The number of aromatic nitrogens is 3. The van der Waals surface area contributed by atoms with Gasteiger partial charge in [-0.25, -0.2) is 9.37 Å². The number of hydrogen-bond acceptors (Lipinski definition) is 4. The normalized spacial score (nSPS) is 12.1. The van der Waals surface area contributed by atoms with Gasteiger partial charge in [0.15, 0.2) is 0 Å². The molecular formula is C27H22FN5O2. The molecule has 1 amide bonds. The minimum absolute atomic E-state index is 0.243. The molecule has 174 valence electrons. The van der Waals surface area contributed by atoms with Gasteiger partial charge in [-0.15, -0.1) is 0 Å². The Labute approximate surface area is 199 Å². The van der Waals surface area contributed by atoms with Crippen molar-refractivity contribution >= 4 is 22.6 Å². The molecule has 0 aliphatic heterocycles. The van der Waals surface area contributed by atoms with Crippen LogP contribution in [0.15, 0.2) is 96.2 Å². The summed E-state index contributed by atoms with van der Waals surface area (Å²) < 4.78 is 15.1. The Morgan fingerprint density at radius 1 is 0.914 bits per heavy atom. The number of aromatic amines is 2. The van der Waals surface area contributed by atoms with Crippen LogP contribution in [0, 0.1) is 5.82 Å². The van der Waals surface area contributed by atoms with Crippen molar-refractivity contribution in [2.75, 3.05) is 5.32 Å². The van der Waals surface area contributed by atoms with Crippen LogP contribution >= 0.6 is 0 Å². The maximum absolute atomic E-state index is 15.1. The zero-order valence-corrected chi connectivity index (χ0v) is 18.5. The number of rotatable bonds is 6. The van der Waals surface area contributed by atoms with E-state index in [1.807, 2.05) is 60.7 Å². The van der Waals surface area contributed by atoms with E-state index in [1.165, 1.54) is 24.7 Å². The first-order valence-corrected chi connectivity index (χ1v) is 11.0. The summed E-state index contributed by atoms with van der Waals surface area (Å²) in [4.78, 5) is 34.5. The summed E-state index contributed by atoms with van der Waals surface area (Å²) in [6.07, 6.45) is 2.80. The van der Waals surface area contributed by atoms with Crippen LogP contribution in [0.2, 0.25) is 0 Å². The molecule has 0 bridgehead atoms. The second-order valence-corrected chi connectivity index (χ2v) is 8.17. The van der Waals surface area contributed by atoms with E-state index in [4.69, 9.17) is 5.73 Å². The summed E-state index contributed by atoms with van der Waals surface area (Å²) in [7, 11) is 0. The minimum atomic E-state index is -0.912. The Morgan fingerprint density at radius 3 is 2.20 bits per heavy atom. The van der Waals surface area contributed by atoms with Crippen molar-refractivity contribution in [2.24, 2.45) is 5.73 Å². The standard InChI is InChI=1S/C27H22FN5O2/c28-21-13-18(11-12-19(21)20-14-30-27(35)25-24(20)31-15-32-25)33-26(34)23(29)22(16-7-3-1-4-8-16)17-9-5-2-6-10-17/h1-15,22-23H,29H2,(H,30,35)(H,31,32)(H,33,34)/t23-/m0/s1. The monoisotopic (exact) mass is 467 g/mol. The molecule has 0 saturated carbocycles. The van der Waals surface area contributed by atoms with E-state index < -0.39 is 17.8 Å². The van der Waals surface area contributed by atoms with Crippen LogP contribution in [0.3, 0.4) is 0 Å². The zero-order chi connectivity index (χ0) is 24.4. The number of nitrogens with zero attached hydrogens (tertiary/aromatic N) is 1. The fraction of sp³-hybridized carbons (Fsp3) is 0.0741. The molecule has 0 saturated heterocycles. The highest BCUT2D eigenvalue weighted by Crippen LogP contribution is 2.30. The van der Waals surface area contributed by atoms with Crippen molar-refractivity contribution in [3.05, 3.63) is 119 Å². The van der Waals surface area contributed by atoms with Gasteiger partial charge in [0, 0.05) is 28.9 Å². The molecule has 5 N–H and O–H groups in total. The third kappa shape index (κ3) is 4.34. The van der Waals surface area contributed by atoms with E-state index in [0.29, 0.717) is 11.1 Å². The second-order valence-electron chi connectivity index (χ2n) is 8.17. The summed E-state index contributed by atoms with van der Waals surface area (Å²) in [6.45, 7) is 0. The summed E-state index contributed by atoms with van der Waals surface area (Å²) >= 11 is 0. The highest BCUT2D eigenvalue weighted by molar-refractivity contribution is 5.96. The number of benzene rings is 3. The molecule has 1 atom stereocenters. The third-order valence-corrected chi connectivity index (χ3v) is 5.98. The average molecular weight is 468 g/mol. The third-order valence-electron chi connectivity index (χ3n) is 5.98. The van der Waals surface area contributed by atoms with Gasteiger partial charge in [-0.2, -0.15) is 0 Å². The first-order valence-electron chi connectivity index (χ1n) is 11.0. The van der Waals surface area contributed by atoms with E-state index in [9.17, 15) is 9.59 Å². The molecule has 3 aromatic carbocycles. The van der Waals surface area contributed by atoms with Crippen LogP contribution in [0.4, 0.5) is 10.1 Å². The van der Waals surface area contributed by atoms with Gasteiger partial charge in [0.05, 0.1) is 12.4 Å². The van der Waals surface area contributed by atoms with Crippen molar-refractivity contribution in [1.29, 1.82) is 0 Å². The summed E-state index contributed by atoms with van der Waals surface area (Å²) in [5.74, 6) is -1.39. The molecule has 0 aliphatic rings. The Bertz CT molecular complexity index is 1510. The summed E-state index contributed by atoms with van der Waals surface area (Å²) in [6, 6.07) is 22.6. The highest BCUT2D eigenvalue weighted by Gasteiger charge is 2.28. The first kappa shape index (κ1) is 22.2. The molecule has 2 aromatic heterocycles.